The Kier molecular flexibility index (Phi) is 6.53. The standard InChI is InChI=1S/C27H36N6O/c1-18-10-12-23(13-11-18)33-20(3)24-19(2)29-30-26(25(24)31-33)32-16-14-21(15-17-32)27(34)28-22-8-6-4-5-7-9-22/h10-13,21-22H,4-9,14-17H2,1-3H3,(H,28,34). The average molecular weight is 461 g/mol. The molecule has 0 atom stereocenters. The molecule has 7 heteroatoms. The average Bonchev–Trinajstić information content (AvgIpc) is 3.01. The number of amides is 1. The highest BCUT2D eigenvalue weighted by Gasteiger charge is 2.29. The van der Waals surface area contributed by atoms with Gasteiger partial charge in [-0.25, -0.2) is 4.68 Å². The summed E-state index contributed by atoms with van der Waals surface area (Å²) in [6, 6.07) is 8.78. The minimum Gasteiger partial charge on any atom is -0.353 e. The number of fused-ring (bicyclic) bond motifs is 1. The first-order valence-electron chi connectivity index (χ1n) is 12.9. The first kappa shape index (κ1) is 22.8. The van der Waals surface area contributed by atoms with Gasteiger partial charge in [-0.15, -0.1) is 5.10 Å². The molecule has 3 heterocycles. The Morgan fingerprint density at radius 1 is 0.912 bits per heavy atom. The van der Waals surface area contributed by atoms with Gasteiger partial charge in [-0.05, 0) is 58.6 Å². The Hall–Kier alpha value is -2.96. The van der Waals surface area contributed by atoms with Gasteiger partial charge in [0.15, 0.2) is 5.82 Å². The van der Waals surface area contributed by atoms with E-state index in [0.717, 1.165) is 72.6 Å². The summed E-state index contributed by atoms with van der Waals surface area (Å²) >= 11 is 0. The summed E-state index contributed by atoms with van der Waals surface area (Å²) in [6.07, 6.45) is 9.02. The number of rotatable bonds is 4. The summed E-state index contributed by atoms with van der Waals surface area (Å²) in [5.41, 5.74) is 5.13. The molecule has 0 bridgehead atoms. The molecule has 3 aromatic rings. The maximum atomic E-state index is 12.9. The fourth-order valence-corrected chi connectivity index (χ4v) is 5.56. The molecule has 1 saturated carbocycles. The number of benzene rings is 1. The van der Waals surface area contributed by atoms with Crippen LogP contribution in [0.1, 0.15) is 68.3 Å². The van der Waals surface area contributed by atoms with E-state index in [9.17, 15) is 4.79 Å². The lowest BCUT2D eigenvalue weighted by molar-refractivity contribution is -0.126. The lowest BCUT2D eigenvalue weighted by Crippen LogP contribution is -2.44. The zero-order valence-electron chi connectivity index (χ0n) is 20.7. The van der Waals surface area contributed by atoms with Crippen molar-refractivity contribution in [3.8, 4) is 5.69 Å². The Morgan fingerprint density at radius 2 is 1.59 bits per heavy atom. The Bertz CT molecular complexity index is 1150. The van der Waals surface area contributed by atoms with Crippen molar-refractivity contribution in [1.29, 1.82) is 0 Å². The number of carbonyl (C=O) groups is 1. The van der Waals surface area contributed by atoms with E-state index < -0.39 is 0 Å². The zero-order valence-corrected chi connectivity index (χ0v) is 20.7. The number of anilines is 1. The summed E-state index contributed by atoms with van der Waals surface area (Å²) < 4.78 is 2.00. The van der Waals surface area contributed by atoms with Crippen LogP contribution in [0.3, 0.4) is 0 Å². The number of piperidine rings is 1. The third-order valence-corrected chi connectivity index (χ3v) is 7.63. The predicted molar refractivity (Wildman–Crippen MR) is 135 cm³/mol. The van der Waals surface area contributed by atoms with Crippen molar-refractivity contribution in [2.24, 2.45) is 5.92 Å². The van der Waals surface area contributed by atoms with E-state index in [2.05, 4.69) is 58.5 Å². The predicted octanol–water partition coefficient (Wildman–Crippen LogP) is 4.80. The number of carbonyl (C=O) groups excluding carboxylic acids is 1. The zero-order chi connectivity index (χ0) is 23.7. The van der Waals surface area contributed by atoms with Crippen molar-refractivity contribution in [3.63, 3.8) is 0 Å². The van der Waals surface area contributed by atoms with Gasteiger partial charge in [-0.2, -0.15) is 10.2 Å². The van der Waals surface area contributed by atoms with Crippen molar-refractivity contribution >= 4 is 22.6 Å². The molecular weight excluding hydrogens is 424 g/mol. The number of aromatic nitrogens is 4. The molecular formula is C27H36N6O. The van der Waals surface area contributed by atoms with Gasteiger partial charge in [-0.1, -0.05) is 43.4 Å². The maximum Gasteiger partial charge on any atom is 0.223 e. The van der Waals surface area contributed by atoms with E-state index in [1.807, 2.05) is 11.6 Å². The van der Waals surface area contributed by atoms with Gasteiger partial charge in [-0.3, -0.25) is 4.79 Å². The second kappa shape index (κ2) is 9.72. The third-order valence-electron chi connectivity index (χ3n) is 7.63. The molecule has 1 aliphatic heterocycles. The van der Waals surface area contributed by atoms with Gasteiger partial charge in [0.2, 0.25) is 5.91 Å². The van der Waals surface area contributed by atoms with Gasteiger partial charge in [0.1, 0.15) is 5.52 Å². The monoisotopic (exact) mass is 460 g/mol. The number of nitrogens with zero attached hydrogens (tertiary/aromatic N) is 5. The fourth-order valence-electron chi connectivity index (χ4n) is 5.56. The van der Waals surface area contributed by atoms with Crippen molar-refractivity contribution in [1.82, 2.24) is 25.3 Å². The van der Waals surface area contributed by atoms with Gasteiger partial charge in [0.25, 0.3) is 0 Å². The van der Waals surface area contributed by atoms with E-state index in [4.69, 9.17) is 5.10 Å². The van der Waals surface area contributed by atoms with Crippen molar-refractivity contribution in [3.05, 3.63) is 41.2 Å². The highest BCUT2D eigenvalue weighted by molar-refractivity contribution is 5.92. The fraction of sp³-hybridized carbons (Fsp3) is 0.556. The highest BCUT2D eigenvalue weighted by atomic mass is 16.1. The number of aryl methyl sites for hydroxylation is 3. The van der Waals surface area contributed by atoms with Crippen LogP contribution in [-0.2, 0) is 4.79 Å². The smallest absolute Gasteiger partial charge is 0.223 e. The van der Waals surface area contributed by atoms with Crippen LogP contribution < -0.4 is 10.2 Å². The summed E-state index contributed by atoms with van der Waals surface area (Å²) in [4.78, 5) is 15.2. The van der Waals surface area contributed by atoms with Gasteiger partial charge >= 0.3 is 0 Å². The van der Waals surface area contributed by atoms with Crippen LogP contribution in [0.5, 0.6) is 0 Å². The first-order chi connectivity index (χ1) is 16.5. The Balaban J connectivity index is 1.33. The maximum absolute atomic E-state index is 12.9. The molecule has 2 aromatic heterocycles. The first-order valence-corrected chi connectivity index (χ1v) is 12.9. The molecule has 1 aliphatic carbocycles. The van der Waals surface area contributed by atoms with Crippen molar-refractivity contribution < 1.29 is 4.79 Å². The molecule has 5 rings (SSSR count). The second-order valence-corrected chi connectivity index (χ2v) is 10.1. The largest absolute Gasteiger partial charge is 0.353 e. The molecule has 7 nitrogen and oxygen atoms in total. The van der Waals surface area contributed by atoms with Crippen LogP contribution in [0.2, 0.25) is 0 Å². The minimum atomic E-state index is 0.0836. The van der Waals surface area contributed by atoms with Crippen LogP contribution in [0.25, 0.3) is 16.6 Å². The van der Waals surface area contributed by atoms with E-state index in [1.165, 1.54) is 31.2 Å². The molecule has 1 amide bonds. The summed E-state index contributed by atoms with van der Waals surface area (Å²) in [6.45, 7) is 7.78. The van der Waals surface area contributed by atoms with E-state index in [1.54, 1.807) is 0 Å². The number of nitrogens with one attached hydrogen (secondary N) is 1. The minimum absolute atomic E-state index is 0.0836. The topological polar surface area (TPSA) is 75.9 Å². The molecule has 180 valence electrons. The highest BCUT2D eigenvalue weighted by Crippen LogP contribution is 2.31. The molecule has 1 N–H and O–H groups in total. The number of hydrogen-bond donors (Lipinski definition) is 1. The van der Waals surface area contributed by atoms with Gasteiger partial charge < -0.3 is 10.2 Å². The third kappa shape index (κ3) is 4.52. The molecule has 0 radical (unpaired) electrons. The van der Waals surface area contributed by atoms with E-state index in [0.29, 0.717) is 6.04 Å². The van der Waals surface area contributed by atoms with Crippen LogP contribution >= 0.6 is 0 Å². The van der Waals surface area contributed by atoms with E-state index in [-0.39, 0.29) is 11.8 Å². The van der Waals surface area contributed by atoms with Crippen molar-refractivity contribution in [2.75, 3.05) is 18.0 Å². The van der Waals surface area contributed by atoms with E-state index >= 15 is 0 Å². The molecule has 0 spiro atoms. The van der Waals surface area contributed by atoms with Crippen molar-refractivity contribution in [2.45, 2.75) is 78.2 Å². The SMILES string of the molecule is Cc1ccc(-n2nc3c(N4CCC(C(=O)NC5CCCCCC5)CC4)nnc(C)c3c2C)cc1. The molecule has 2 fully saturated rings. The lowest BCUT2D eigenvalue weighted by atomic mass is 9.95. The number of hydrogen-bond acceptors (Lipinski definition) is 5. The lowest BCUT2D eigenvalue weighted by Gasteiger charge is -2.32. The quantitative estimate of drug-likeness (QED) is 0.566. The Morgan fingerprint density at radius 3 is 2.26 bits per heavy atom. The summed E-state index contributed by atoms with van der Waals surface area (Å²) in [5, 5.41) is 18.4. The van der Waals surface area contributed by atoms with Gasteiger partial charge in [0.05, 0.1) is 22.5 Å². The molecule has 0 unspecified atom stereocenters. The van der Waals surface area contributed by atoms with Gasteiger partial charge in [0, 0.05) is 25.0 Å². The summed E-state index contributed by atoms with van der Waals surface area (Å²) in [5.74, 6) is 1.16. The van der Waals surface area contributed by atoms with Crippen LogP contribution in [0.15, 0.2) is 24.3 Å². The second-order valence-electron chi connectivity index (χ2n) is 10.1. The normalized spacial score (nSPS) is 18.3. The van der Waals surface area contributed by atoms with Crippen LogP contribution in [0.4, 0.5) is 5.82 Å². The van der Waals surface area contributed by atoms with Crippen LogP contribution in [0, 0.1) is 26.7 Å². The molecule has 1 saturated heterocycles. The molecule has 34 heavy (non-hydrogen) atoms. The molecule has 2 aliphatic rings. The molecule has 1 aromatic carbocycles. The summed E-state index contributed by atoms with van der Waals surface area (Å²) in [7, 11) is 0. The Labute approximate surface area is 201 Å². The van der Waals surface area contributed by atoms with Crippen LogP contribution in [-0.4, -0.2) is 45.0 Å².